The van der Waals surface area contributed by atoms with E-state index < -0.39 is 4.92 Å². The maximum atomic E-state index is 10.8. The summed E-state index contributed by atoms with van der Waals surface area (Å²) < 4.78 is 1.77. The molecule has 0 unspecified atom stereocenters. The third-order valence-corrected chi connectivity index (χ3v) is 2.85. The quantitative estimate of drug-likeness (QED) is 0.568. The molecule has 3 aromatic rings. The molecule has 100 valence electrons. The Hall–Kier alpha value is -3.03. The number of nitrogens with two attached hydrogens (primary N) is 1. The van der Waals surface area contributed by atoms with E-state index in [1.807, 2.05) is 6.07 Å². The van der Waals surface area contributed by atoms with Crippen LogP contribution in [0.15, 0.2) is 36.8 Å². The Morgan fingerprint density at radius 2 is 2.20 bits per heavy atom. The van der Waals surface area contributed by atoms with E-state index in [-0.39, 0.29) is 11.6 Å². The number of aromatic nitrogens is 4. The molecule has 0 saturated heterocycles. The number of non-ortho nitro benzene ring substituents is 1. The average molecular weight is 270 g/mol. The third kappa shape index (κ3) is 2.14. The van der Waals surface area contributed by atoms with Gasteiger partial charge in [-0.3, -0.25) is 10.1 Å². The highest BCUT2D eigenvalue weighted by Crippen LogP contribution is 2.16. The van der Waals surface area contributed by atoms with E-state index in [9.17, 15) is 10.1 Å². The molecule has 0 aliphatic carbocycles. The molecule has 0 bridgehead atoms. The molecule has 3 rings (SSSR count). The lowest BCUT2D eigenvalue weighted by atomic mass is 10.2. The van der Waals surface area contributed by atoms with Crippen molar-refractivity contribution >= 4 is 22.8 Å². The number of rotatable bonds is 3. The molecule has 20 heavy (non-hydrogen) atoms. The van der Waals surface area contributed by atoms with Gasteiger partial charge >= 0.3 is 0 Å². The second-order valence-electron chi connectivity index (χ2n) is 4.24. The monoisotopic (exact) mass is 270 g/mol. The Morgan fingerprint density at radius 1 is 1.35 bits per heavy atom. The first-order chi connectivity index (χ1) is 9.63. The lowest BCUT2D eigenvalue weighted by Crippen LogP contribution is -2.02. The lowest BCUT2D eigenvalue weighted by molar-refractivity contribution is -0.384. The standard InChI is InChI=1S/C12H10N6O2/c13-12-14-5-10-11(16-12)17(7-15-10)6-8-2-1-3-9(4-8)18(19)20/h1-5,7H,6H2,(H2,13,14,16). The van der Waals surface area contributed by atoms with Crippen LogP contribution >= 0.6 is 0 Å². The van der Waals surface area contributed by atoms with Crippen LogP contribution in [0.1, 0.15) is 5.56 Å². The van der Waals surface area contributed by atoms with Gasteiger partial charge in [-0.05, 0) is 5.56 Å². The zero-order valence-electron chi connectivity index (χ0n) is 10.3. The summed E-state index contributed by atoms with van der Waals surface area (Å²) in [7, 11) is 0. The topological polar surface area (TPSA) is 113 Å². The number of nitrogens with zero attached hydrogens (tertiary/aromatic N) is 5. The largest absolute Gasteiger partial charge is 0.368 e. The summed E-state index contributed by atoms with van der Waals surface area (Å²) >= 11 is 0. The first-order valence-corrected chi connectivity index (χ1v) is 5.80. The summed E-state index contributed by atoms with van der Waals surface area (Å²) in [5, 5.41) is 10.8. The van der Waals surface area contributed by atoms with Gasteiger partial charge in [0.2, 0.25) is 5.95 Å². The van der Waals surface area contributed by atoms with Crippen LogP contribution in [0.25, 0.3) is 11.2 Å². The second kappa shape index (κ2) is 4.57. The number of benzene rings is 1. The highest BCUT2D eigenvalue weighted by atomic mass is 16.6. The van der Waals surface area contributed by atoms with E-state index in [0.29, 0.717) is 17.7 Å². The third-order valence-electron chi connectivity index (χ3n) is 2.85. The Labute approximate surface area is 113 Å². The van der Waals surface area contributed by atoms with E-state index in [1.54, 1.807) is 23.2 Å². The molecule has 0 radical (unpaired) electrons. The molecule has 2 aromatic heterocycles. The van der Waals surface area contributed by atoms with Crippen LogP contribution in [0.3, 0.4) is 0 Å². The normalized spacial score (nSPS) is 10.8. The summed E-state index contributed by atoms with van der Waals surface area (Å²) in [6, 6.07) is 6.44. The number of fused-ring (bicyclic) bond motifs is 1. The van der Waals surface area contributed by atoms with Crippen LogP contribution in [-0.4, -0.2) is 24.4 Å². The van der Waals surface area contributed by atoms with E-state index >= 15 is 0 Å². The van der Waals surface area contributed by atoms with Crippen molar-refractivity contribution < 1.29 is 4.92 Å². The maximum Gasteiger partial charge on any atom is 0.269 e. The number of nitro groups is 1. The van der Waals surface area contributed by atoms with Crippen molar-refractivity contribution in [3.63, 3.8) is 0 Å². The molecule has 0 spiro atoms. The average Bonchev–Trinajstić information content (AvgIpc) is 2.82. The molecule has 8 heteroatoms. The molecule has 2 N–H and O–H groups in total. The maximum absolute atomic E-state index is 10.8. The van der Waals surface area contributed by atoms with Crippen LogP contribution in [0, 0.1) is 10.1 Å². The zero-order chi connectivity index (χ0) is 14.1. The van der Waals surface area contributed by atoms with Gasteiger partial charge in [0.25, 0.3) is 5.69 Å². The van der Waals surface area contributed by atoms with Gasteiger partial charge in [-0.25, -0.2) is 9.97 Å². The van der Waals surface area contributed by atoms with Gasteiger partial charge in [0.15, 0.2) is 5.65 Å². The van der Waals surface area contributed by atoms with Crippen molar-refractivity contribution in [2.45, 2.75) is 6.54 Å². The fourth-order valence-corrected chi connectivity index (χ4v) is 1.95. The fourth-order valence-electron chi connectivity index (χ4n) is 1.95. The predicted octanol–water partition coefficient (Wildman–Crippen LogP) is 1.36. The molecule has 0 amide bonds. The van der Waals surface area contributed by atoms with Gasteiger partial charge in [0, 0.05) is 12.1 Å². The zero-order valence-corrected chi connectivity index (χ0v) is 10.3. The fraction of sp³-hybridized carbons (Fsp3) is 0.0833. The van der Waals surface area contributed by atoms with Crippen molar-refractivity contribution in [1.82, 2.24) is 19.5 Å². The van der Waals surface area contributed by atoms with Crippen LogP contribution in [0.5, 0.6) is 0 Å². The highest BCUT2D eigenvalue weighted by Gasteiger charge is 2.09. The predicted molar refractivity (Wildman–Crippen MR) is 71.9 cm³/mol. The second-order valence-corrected chi connectivity index (χ2v) is 4.24. The minimum Gasteiger partial charge on any atom is -0.368 e. The number of hydrogen-bond acceptors (Lipinski definition) is 6. The lowest BCUT2D eigenvalue weighted by Gasteiger charge is -2.04. The highest BCUT2D eigenvalue weighted by molar-refractivity contribution is 5.70. The van der Waals surface area contributed by atoms with E-state index in [4.69, 9.17) is 5.73 Å². The van der Waals surface area contributed by atoms with E-state index in [2.05, 4.69) is 15.0 Å². The SMILES string of the molecule is Nc1ncc2ncn(Cc3cccc([N+](=O)[O-])c3)c2n1. The molecular formula is C12H10N6O2. The van der Waals surface area contributed by atoms with Crippen molar-refractivity contribution in [2.75, 3.05) is 5.73 Å². The van der Waals surface area contributed by atoms with Crippen molar-refractivity contribution in [2.24, 2.45) is 0 Å². The van der Waals surface area contributed by atoms with Crippen LogP contribution < -0.4 is 5.73 Å². The Bertz CT molecular complexity index is 797. The number of anilines is 1. The Balaban J connectivity index is 1.99. The number of nitro benzene ring substituents is 1. The van der Waals surface area contributed by atoms with Gasteiger partial charge in [0.1, 0.15) is 5.52 Å². The molecule has 0 fully saturated rings. The van der Waals surface area contributed by atoms with Crippen molar-refractivity contribution in [1.29, 1.82) is 0 Å². The smallest absolute Gasteiger partial charge is 0.269 e. The van der Waals surface area contributed by atoms with Crippen LogP contribution in [-0.2, 0) is 6.54 Å². The number of nitrogen functional groups attached to an aromatic ring is 1. The number of imidazole rings is 1. The van der Waals surface area contributed by atoms with Gasteiger partial charge in [-0.2, -0.15) is 4.98 Å². The van der Waals surface area contributed by atoms with Crippen molar-refractivity contribution in [3.05, 3.63) is 52.5 Å². The summed E-state index contributed by atoms with van der Waals surface area (Å²) in [6.45, 7) is 0.425. The van der Waals surface area contributed by atoms with Crippen LogP contribution in [0.2, 0.25) is 0 Å². The minimum absolute atomic E-state index is 0.0565. The molecule has 0 atom stereocenters. The first-order valence-electron chi connectivity index (χ1n) is 5.80. The molecule has 2 heterocycles. The minimum atomic E-state index is -0.421. The van der Waals surface area contributed by atoms with E-state index in [1.165, 1.54) is 12.1 Å². The summed E-state index contributed by atoms with van der Waals surface area (Å²) in [4.78, 5) is 22.5. The van der Waals surface area contributed by atoms with Gasteiger partial charge in [-0.15, -0.1) is 0 Å². The summed E-state index contributed by atoms with van der Waals surface area (Å²) in [5.74, 6) is 0.165. The molecule has 0 aliphatic heterocycles. The summed E-state index contributed by atoms with van der Waals surface area (Å²) in [6.07, 6.45) is 3.15. The van der Waals surface area contributed by atoms with Gasteiger partial charge in [-0.1, -0.05) is 12.1 Å². The van der Waals surface area contributed by atoms with Crippen molar-refractivity contribution in [3.8, 4) is 0 Å². The van der Waals surface area contributed by atoms with Crippen LogP contribution in [0.4, 0.5) is 11.6 Å². The molecule has 8 nitrogen and oxygen atoms in total. The van der Waals surface area contributed by atoms with E-state index in [0.717, 1.165) is 5.56 Å². The number of hydrogen-bond donors (Lipinski definition) is 1. The van der Waals surface area contributed by atoms with Gasteiger partial charge < -0.3 is 10.3 Å². The van der Waals surface area contributed by atoms with Gasteiger partial charge in [0.05, 0.1) is 24.0 Å². The first kappa shape index (κ1) is 12.0. The summed E-state index contributed by atoms with van der Waals surface area (Å²) in [5.41, 5.74) is 7.63. The molecule has 0 saturated carbocycles. The Morgan fingerprint density at radius 3 is 3.00 bits per heavy atom. The molecule has 0 aliphatic rings. The molecular weight excluding hydrogens is 260 g/mol. The molecule has 1 aromatic carbocycles. The Kier molecular flexibility index (Phi) is 2.75.